The van der Waals surface area contributed by atoms with Gasteiger partial charge >= 0.3 is 13.6 Å². The van der Waals surface area contributed by atoms with Crippen LogP contribution in [-0.2, 0) is 61.3 Å². The predicted octanol–water partition coefficient (Wildman–Crippen LogP) is 8.45. The third-order valence-electron chi connectivity index (χ3n) is 15.3. The fourth-order valence-electron chi connectivity index (χ4n) is 10.8. The van der Waals surface area contributed by atoms with Gasteiger partial charge in [-0.05, 0) is 113 Å². The van der Waals surface area contributed by atoms with Gasteiger partial charge in [-0.2, -0.15) is 0 Å². The Hall–Kier alpha value is -3.18. The molecule has 0 radical (unpaired) electrons. The summed E-state index contributed by atoms with van der Waals surface area (Å²) in [7, 11) is 1.20. The van der Waals surface area contributed by atoms with Crippen molar-refractivity contribution in [3.05, 3.63) is 47.6 Å². The fraction of sp³-hybridized carbons (Fsp3) is 0.764. The molecular weight excluding hydrogens is 946 g/mol. The number of aliphatic hydroxyl groups is 2. The maximum absolute atomic E-state index is 14.5. The van der Waals surface area contributed by atoms with Crippen LogP contribution in [0.1, 0.15) is 139 Å². The van der Waals surface area contributed by atoms with Crippen molar-refractivity contribution in [3.8, 4) is 0 Å². The van der Waals surface area contributed by atoms with Gasteiger partial charge in [0.1, 0.15) is 30.1 Å². The van der Waals surface area contributed by atoms with Crippen LogP contribution in [0.2, 0.25) is 0 Å². The number of nitrogens with zero attached hydrogens (tertiary/aromatic N) is 1. The summed E-state index contributed by atoms with van der Waals surface area (Å²) in [5.74, 6) is -8.26. The van der Waals surface area contributed by atoms with Crippen LogP contribution in [0.25, 0.3) is 0 Å². The van der Waals surface area contributed by atoms with Crippen molar-refractivity contribution in [3.63, 3.8) is 0 Å². The summed E-state index contributed by atoms with van der Waals surface area (Å²) < 4.78 is 54.4. The van der Waals surface area contributed by atoms with Crippen molar-refractivity contribution in [1.82, 2.24) is 4.90 Å². The van der Waals surface area contributed by atoms with Gasteiger partial charge in [0.2, 0.25) is 5.79 Å². The zero-order valence-electron chi connectivity index (χ0n) is 45.2. The van der Waals surface area contributed by atoms with E-state index in [9.17, 15) is 38.8 Å². The summed E-state index contributed by atoms with van der Waals surface area (Å²) in [4.78, 5) is 72.5. The lowest BCUT2D eigenvalue weighted by atomic mass is 9.78. The van der Waals surface area contributed by atoms with E-state index in [1.165, 1.54) is 18.7 Å². The van der Waals surface area contributed by atoms with E-state index in [0.717, 1.165) is 5.57 Å². The smallest absolute Gasteiger partial charge is 0.329 e. The van der Waals surface area contributed by atoms with Gasteiger partial charge in [-0.1, -0.05) is 78.0 Å². The molecule has 2 N–H and O–H groups in total. The molecule has 3 aliphatic heterocycles. The third kappa shape index (κ3) is 16.9. The minimum Gasteiger partial charge on any atom is -0.460 e. The number of aliphatic hydroxyl groups excluding tert-OH is 1. The number of hydrogen-bond acceptors (Lipinski definition) is 15. The number of Topliss-reactive ketones (excluding diaryl/α,β-unsaturated/α-hetero) is 3. The normalized spacial score (nSPS) is 38.6. The Kier molecular flexibility index (Phi) is 24.4. The van der Waals surface area contributed by atoms with Crippen molar-refractivity contribution in [2.75, 3.05) is 41.1 Å². The standard InChI is InChI=1S/C55H88NO15P/c1-13-27-68-72(12,64)71-45-25-23-41(31-48(45)66-10)30-37(5)47-33-44(57)36(4)29-39(7)50(59)51(67-11)49(58)38(6)28-34(2)19-15-14-16-20-35(3)46(65-9)32-42-24-22-40(8)55(63,70-42)52(60)53(61)56-26-18-17-21-43(56)54(62)69-47/h14-16,19-20,29,34,36-38,40-43,45-48,50-51,59,63H,13,17-18,21-28,30-33H2,1-12H3/b16-14+,19-15+,35-20+,39-29+/t34-,36-,37-,38-,40-,41+,42+,43+,45-,46+,47+,48-,50-,51+,55-,72?/m1/s1. The largest absolute Gasteiger partial charge is 0.460 e. The van der Waals surface area contributed by atoms with Gasteiger partial charge in [-0.15, -0.1) is 0 Å². The molecule has 16 nitrogen and oxygen atoms in total. The molecule has 0 aromatic rings. The molecule has 2 saturated heterocycles. The highest BCUT2D eigenvalue weighted by Gasteiger charge is 2.53. The van der Waals surface area contributed by atoms with Crippen molar-refractivity contribution in [1.29, 1.82) is 0 Å². The van der Waals surface area contributed by atoms with Crippen molar-refractivity contribution in [2.45, 2.75) is 193 Å². The third-order valence-corrected chi connectivity index (χ3v) is 16.6. The van der Waals surface area contributed by atoms with Crippen LogP contribution in [0.15, 0.2) is 47.6 Å². The molecule has 3 fully saturated rings. The predicted molar refractivity (Wildman–Crippen MR) is 274 cm³/mol. The molecule has 0 spiro atoms. The summed E-state index contributed by atoms with van der Waals surface area (Å²) in [5.41, 5.74) is 1.25. The second-order valence-corrected chi connectivity index (χ2v) is 23.3. The first-order chi connectivity index (χ1) is 34.0. The van der Waals surface area contributed by atoms with Crippen molar-refractivity contribution >= 4 is 36.8 Å². The lowest BCUT2D eigenvalue weighted by molar-refractivity contribution is -0.265. The molecule has 72 heavy (non-hydrogen) atoms. The van der Waals surface area contributed by atoms with Gasteiger partial charge in [0.15, 0.2) is 5.78 Å². The second kappa shape index (κ2) is 28.6. The minimum absolute atomic E-state index is 0.00646. The number of methoxy groups -OCH3 is 3. The van der Waals surface area contributed by atoms with E-state index < -0.39 is 103 Å². The van der Waals surface area contributed by atoms with Crippen LogP contribution < -0.4 is 0 Å². The van der Waals surface area contributed by atoms with E-state index >= 15 is 0 Å². The average molecular weight is 1030 g/mol. The van der Waals surface area contributed by atoms with Gasteiger partial charge in [0, 0.05) is 65.1 Å². The Balaban J connectivity index is 1.69. The van der Waals surface area contributed by atoms with E-state index in [2.05, 4.69) is 0 Å². The quantitative estimate of drug-likeness (QED) is 0.0861. The van der Waals surface area contributed by atoms with E-state index in [1.54, 1.807) is 41.1 Å². The molecule has 0 aromatic carbocycles. The number of ketones is 3. The Labute approximate surface area is 429 Å². The van der Waals surface area contributed by atoms with Crippen LogP contribution in [0.3, 0.4) is 0 Å². The maximum Gasteiger partial charge on any atom is 0.329 e. The lowest BCUT2D eigenvalue weighted by Crippen LogP contribution is -2.61. The Morgan fingerprint density at radius 1 is 0.875 bits per heavy atom. The van der Waals surface area contributed by atoms with Gasteiger partial charge in [-0.3, -0.25) is 23.7 Å². The van der Waals surface area contributed by atoms with Crippen molar-refractivity contribution in [2.24, 2.45) is 35.5 Å². The highest BCUT2D eigenvalue weighted by molar-refractivity contribution is 7.53. The van der Waals surface area contributed by atoms with Crippen LogP contribution in [0.5, 0.6) is 0 Å². The first kappa shape index (κ1) is 61.4. The van der Waals surface area contributed by atoms with Crippen LogP contribution in [0, 0.1) is 35.5 Å². The number of cyclic esters (lactones) is 1. The summed E-state index contributed by atoms with van der Waals surface area (Å²) in [6.07, 6.45) is 11.5. The molecule has 1 saturated carbocycles. The number of hydrogen-bond donors (Lipinski definition) is 2. The number of piperidine rings is 1. The molecule has 3 heterocycles. The molecule has 4 rings (SSSR count). The Morgan fingerprint density at radius 2 is 1.60 bits per heavy atom. The number of fused-ring (bicyclic) bond motifs is 3. The fourth-order valence-corrected chi connectivity index (χ4v) is 12.1. The summed E-state index contributed by atoms with van der Waals surface area (Å²) in [6, 6.07) is -1.17. The Morgan fingerprint density at radius 3 is 2.26 bits per heavy atom. The molecule has 16 atom stereocenters. The second-order valence-electron chi connectivity index (χ2n) is 21.3. The van der Waals surface area contributed by atoms with E-state index in [1.807, 2.05) is 65.0 Å². The number of esters is 1. The Bertz CT molecular complexity index is 2000. The molecule has 1 amide bonds. The van der Waals surface area contributed by atoms with Gasteiger partial charge < -0.3 is 47.8 Å². The van der Waals surface area contributed by atoms with Gasteiger partial charge in [0.25, 0.3) is 11.7 Å². The van der Waals surface area contributed by atoms with E-state index in [4.69, 9.17) is 32.7 Å². The minimum atomic E-state index is -3.33. The zero-order chi connectivity index (χ0) is 53.5. The highest BCUT2D eigenvalue weighted by atomic mass is 31.2. The molecule has 4 aliphatic rings. The first-order valence-electron chi connectivity index (χ1n) is 26.4. The number of rotatable bonds is 11. The lowest BCUT2D eigenvalue weighted by Gasteiger charge is -2.42. The van der Waals surface area contributed by atoms with Crippen molar-refractivity contribution < 1.29 is 71.5 Å². The summed E-state index contributed by atoms with van der Waals surface area (Å²) >= 11 is 0. The summed E-state index contributed by atoms with van der Waals surface area (Å²) in [6.45, 7) is 16.4. The number of ether oxygens (including phenoxy) is 5. The van der Waals surface area contributed by atoms with Crippen LogP contribution in [-0.4, -0.2) is 140 Å². The van der Waals surface area contributed by atoms with Crippen LogP contribution >= 0.6 is 7.60 Å². The number of allylic oxidation sites excluding steroid dienone is 6. The van der Waals surface area contributed by atoms with Crippen LogP contribution in [0.4, 0.5) is 0 Å². The zero-order valence-corrected chi connectivity index (χ0v) is 46.1. The van der Waals surface area contributed by atoms with E-state index in [-0.39, 0.29) is 42.8 Å². The maximum atomic E-state index is 14.5. The first-order valence-corrected chi connectivity index (χ1v) is 28.4. The molecule has 2 bridgehead atoms. The monoisotopic (exact) mass is 1030 g/mol. The molecule has 408 valence electrons. The van der Waals surface area contributed by atoms with Gasteiger partial charge in [0.05, 0.1) is 31.0 Å². The number of carbonyl (C=O) groups is 5. The average Bonchev–Trinajstić information content (AvgIpc) is 3.35. The molecular formula is C55H88NO15P. The highest BCUT2D eigenvalue weighted by Crippen LogP contribution is 2.49. The number of amides is 1. The van der Waals surface area contributed by atoms with E-state index in [0.29, 0.717) is 82.8 Å². The molecule has 1 aliphatic carbocycles. The number of carbonyl (C=O) groups excluding carboxylic acids is 5. The molecule has 0 aromatic heterocycles. The van der Waals surface area contributed by atoms with Gasteiger partial charge in [-0.25, -0.2) is 4.79 Å². The molecule has 1 unspecified atom stereocenters. The topological polar surface area (TPSA) is 211 Å². The SMILES string of the molecule is CCCOP(C)(=O)O[C@@H]1CC[C@@H](C[C@@H](C)[C@@H]2CC(=O)[C@H](C)/C=C(\C)[C@@H](O)[C@@H](OC)C(=O)[C@H](C)C[C@H](C)/C=C/C=C/C=C(\C)[C@@H](OC)C[C@@H]3CC[C@@H](C)[C@@](O)(O3)C(=O)C(=O)N3CCCC[C@H]3C(=O)O2)C[C@H]1OC. The summed E-state index contributed by atoms with van der Waals surface area (Å²) in [5, 5.41) is 23.5. The molecule has 17 heteroatoms.